The molecule has 0 bridgehead atoms. The summed E-state index contributed by atoms with van der Waals surface area (Å²) in [6, 6.07) is 5.65. The lowest BCUT2D eigenvalue weighted by Crippen LogP contribution is -2.13. The SMILES string of the molecule is CNc1onc2c1CCC(c1c(Cl)cccc1Cl)C2. The molecule has 3 nitrogen and oxygen atoms in total. The van der Waals surface area contributed by atoms with Gasteiger partial charge < -0.3 is 9.84 Å². The summed E-state index contributed by atoms with van der Waals surface area (Å²) in [6.07, 6.45) is 2.76. The Morgan fingerprint density at radius 1 is 1.32 bits per heavy atom. The Morgan fingerprint density at radius 3 is 2.74 bits per heavy atom. The molecular weight excluding hydrogens is 283 g/mol. The zero-order valence-electron chi connectivity index (χ0n) is 10.5. The molecule has 0 aliphatic heterocycles. The van der Waals surface area contributed by atoms with Gasteiger partial charge in [0.25, 0.3) is 0 Å². The fraction of sp³-hybridized carbons (Fsp3) is 0.357. The van der Waals surface area contributed by atoms with E-state index in [2.05, 4.69) is 10.5 Å². The third-order valence-corrected chi connectivity index (χ3v) is 4.35. The molecule has 0 saturated carbocycles. The van der Waals surface area contributed by atoms with Crippen LogP contribution in [0.4, 0.5) is 5.88 Å². The van der Waals surface area contributed by atoms with Gasteiger partial charge in [-0.1, -0.05) is 34.4 Å². The molecule has 1 aromatic carbocycles. The number of hydrogen-bond acceptors (Lipinski definition) is 3. The van der Waals surface area contributed by atoms with Gasteiger partial charge in [-0.2, -0.15) is 0 Å². The Kier molecular flexibility index (Phi) is 3.42. The minimum atomic E-state index is 0.309. The summed E-state index contributed by atoms with van der Waals surface area (Å²) < 4.78 is 5.28. The third-order valence-electron chi connectivity index (χ3n) is 3.69. The van der Waals surface area contributed by atoms with Crippen LogP contribution in [0.5, 0.6) is 0 Å². The Hall–Kier alpha value is -1.19. The highest BCUT2D eigenvalue weighted by atomic mass is 35.5. The van der Waals surface area contributed by atoms with Crippen molar-refractivity contribution in [3.05, 3.63) is 45.1 Å². The normalized spacial score (nSPS) is 18.2. The van der Waals surface area contributed by atoms with Crippen LogP contribution in [0.25, 0.3) is 0 Å². The van der Waals surface area contributed by atoms with Gasteiger partial charge in [0.1, 0.15) is 0 Å². The van der Waals surface area contributed by atoms with Crippen LogP contribution in [0, 0.1) is 0 Å². The number of benzene rings is 1. The maximum Gasteiger partial charge on any atom is 0.227 e. The average molecular weight is 297 g/mol. The number of nitrogens with one attached hydrogen (secondary N) is 1. The van der Waals surface area contributed by atoms with E-state index in [9.17, 15) is 0 Å². The van der Waals surface area contributed by atoms with E-state index in [1.165, 1.54) is 5.56 Å². The number of rotatable bonds is 2. The van der Waals surface area contributed by atoms with Crippen LogP contribution < -0.4 is 5.32 Å². The molecule has 1 aliphatic rings. The smallest absolute Gasteiger partial charge is 0.227 e. The second-order valence-corrected chi connectivity index (χ2v) is 5.58. The van der Waals surface area contributed by atoms with Crippen LogP contribution in [0.2, 0.25) is 10.0 Å². The predicted octanol–water partition coefficient (Wildman–Crippen LogP) is 4.30. The highest BCUT2D eigenvalue weighted by molar-refractivity contribution is 6.36. The Bertz CT molecular complexity index is 589. The van der Waals surface area contributed by atoms with Gasteiger partial charge in [-0.25, -0.2) is 0 Å². The van der Waals surface area contributed by atoms with E-state index in [0.29, 0.717) is 5.92 Å². The van der Waals surface area contributed by atoms with E-state index in [1.807, 2.05) is 25.2 Å². The van der Waals surface area contributed by atoms with Gasteiger partial charge >= 0.3 is 0 Å². The van der Waals surface area contributed by atoms with Crippen LogP contribution in [0.15, 0.2) is 22.7 Å². The standard InChI is InChI=1S/C14H14Cl2N2O/c1-17-14-9-6-5-8(7-12(9)18-19-14)13-10(15)3-2-4-11(13)16/h2-4,8,17H,5-7H2,1H3. The molecule has 19 heavy (non-hydrogen) atoms. The molecule has 2 aromatic rings. The van der Waals surface area contributed by atoms with E-state index in [1.54, 1.807) is 0 Å². The first-order valence-corrected chi connectivity index (χ1v) is 7.05. The largest absolute Gasteiger partial charge is 0.357 e. The van der Waals surface area contributed by atoms with Gasteiger partial charge in [-0.05, 0) is 36.5 Å². The topological polar surface area (TPSA) is 38.1 Å². The van der Waals surface area contributed by atoms with E-state index in [4.69, 9.17) is 27.7 Å². The lowest BCUT2D eigenvalue weighted by Gasteiger charge is -2.23. The van der Waals surface area contributed by atoms with Crippen molar-refractivity contribution >= 4 is 29.1 Å². The summed E-state index contributed by atoms with van der Waals surface area (Å²) in [5, 5.41) is 8.64. The van der Waals surface area contributed by atoms with Crippen LogP contribution in [-0.4, -0.2) is 12.2 Å². The van der Waals surface area contributed by atoms with E-state index >= 15 is 0 Å². The third kappa shape index (κ3) is 2.21. The molecule has 100 valence electrons. The predicted molar refractivity (Wildman–Crippen MR) is 77.3 cm³/mol. The van der Waals surface area contributed by atoms with Crippen LogP contribution in [0.3, 0.4) is 0 Å². The Morgan fingerprint density at radius 2 is 2.05 bits per heavy atom. The summed E-state index contributed by atoms with van der Waals surface area (Å²) >= 11 is 12.6. The number of anilines is 1. The Labute approximate surface area is 121 Å². The molecule has 0 amide bonds. The molecule has 0 spiro atoms. The summed E-state index contributed by atoms with van der Waals surface area (Å²) in [5.74, 6) is 1.09. The quantitative estimate of drug-likeness (QED) is 0.898. The van der Waals surface area contributed by atoms with Gasteiger partial charge in [0, 0.05) is 29.1 Å². The number of halogens is 2. The van der Waals surface area contributed by atoms with Crippen molar-refractivity contribution in [3.63, 3.8) is 0 Å². The first-order chi connectivity index (χ1) is 9.20. The van der Waals surface area contributed by atoms with E-state index < -0.39 is 0 Å². The number of aromatic nitrogens is 1. The van der Waals surface area contributed by atoms with Gasteiger partial charge in [-0.3, -0.25) is 0 Å². The van der Waals surface area contributed by atoms with Crippen molar-refractivity contribution in [2.24, 2.45) is 0 Å². The summed E-state index contributed by atoms with van der Waals surface area (Å²) in [7, 11) is 1.85. The molecule has 1 atom stereocenters. The second kappa shape index (κ2) is 5.06. The Balaban J connectivity index is 1.94. The lowest BCUT2D eigenvalue weighted by molar-refractivity contribution is 0.422. The molecule has 1 heterocycles. The molecular formula is C14H14Cl2N2O. The average Bonchev–Trinajstić information content (AvgIpc) is 2.81. The van der Waals surface area contributed by atoms with Crippen molar-refractivity contribution in [1.82, 2.24) is 5.16 Å². The van der Waals surface area contributed by atoms with Crippen LogP contribution in [0.1, 0.15) is 29.2 Å². The minimum absolute atomic E-state index is 0.309. The van der Waals surface area contributed by atoms with Gasteiger partial charge in [0.05, 0.1) is 5.69 Å². The second-order valence-electron chi connectivity index (χ2n) is 4.76. The van der Waals surface area contributed by atoms with Gasteiger partial charge in [0.15, 0.2) is 0 Å². The van der Waals surface area contributed by atoms with Gasteiger partial charge in [0.2, 0.25) is 5.88 Å². The number of fused-ring (bicyclic) bond motifs is 1. The zero-order chi connectivity index (χ0) is 13.4. The highest BCUT2D eigenvalue weighted by Gasteiger charge is 2.28. The molecule has 5 heteroatoms. The molecule has 1 aliphatic carbocycles. The molecule has 0 radical (unpaired) electrons. The maximum absolute atomic E-state index is 6.28. The maximum atomic E-state index is 6.28. The number of hydrogen-bond donors (Lipinski definition) is 1. The fourth-order valence-electron chi connectivity index (χ4n) is 2.76. The van der Waals surface area contributed by atoms with Crippen LogP contribution >= 0.6 is 23.2 Å². The first kappa shape index (κ1) is 12.8. The van der Waals surface area contributed by atoms with Crippen molar-refractivity contribution < 1.29 is 4.52 Å². The molecule has 0 fully saturated rings. The van der Waals surface area contributed by atoms with Gasteiger partial charge in [-0.15, -0.1) is 0 Å². The van der Waals surface area contributed by atoms with E-state index in [-0.39, 0.29) is 0 Å². The summed E-state index contributed by atoms with van der Waals surface area (Å²) in [4.78, 5) is 0. The first-order valence-electron chi connectivity index (χ1n) is 6.29. The zero-order valence-corrected chi connectivity index (χ0v) is 12.1. The fourth-order valence-corrected chi connectivity index (χ4v) is 3.46. The summed E-state index contributed by atoms with van der Waals surface area (Å²) in [6.45, 7) is 0. The van der Waals surface area contributed by atoms with E-state index in [0.717, 1.165) is 46.4 Å². The van der Waals surface area contributed by atoms with Crippen LogP contribution in [-0.2, 0) is 12.8 Å². The molecule has 0 saturated heterocycles. The van der Waals surface area contributed by atoms with Crippen molar-refractivity contribution in [2.75, 3.05) is 12.4 Å². The highest BCUT2D eigenvalue weighted by Crippen LogP contribution is 2.40. The summed E-state index contributed by atoms with van der Waals surface area (Å²) in [5.41, 5.74) is 3.23. The minimum Gasteiger partial charge on any atom is -0.357 e. The number of nitrogens with zero attached hydrogens (tertiary/aromatic N) is 1. The monoisotopic (exact) mass is 296 g/mol. The molecule has 1 unspecified atom stereocenters. The molecule has 3 rings (SSSR count). The molecule has 1 N–H and O–H groups in total. The molecule has 1 aromatic heterocycles. The van der Waals surface area contributed by atoms with Crippen molar-refractivity contribution in [2.45, 2.75) is 25.2 Å². The lowest BCUT2D eigenvalue weighted by atomic mass is 9.83. The van der Waals surface area contributed by atoms with Crippen molar-refractivity contribution in [1.29, 1.82) is 0 Å². The van der Waals surface area contributed by atoms with Crippen molar-refractivity contribution in [3.8, 4) is 0 Å².